The molecule has 0 radical (unpaired) electrons. The van der Waals surface area contributed by atoms with Gasteiger partial charge in [0.2, 0.25) is 0 Å². The molecule has 0 aromatic rings. The fourth-order valence-corrected chi connectivity index (χ4v) is 8.98. The molecule has 0 aromatic carbocycles. The number of hydrogen-bond donors (Lipinski definition) is 0. The molecule has 0 saturated heterocycles. The van der Waals surface area contributed by atoms with E-state index in [0.29, 0.717) is 0 Å². The average molecular weight is 309 g/mol. The minimum Gasteiger partial charge on any atom is -0.0839 e. The van der Waals surface area contributed by atoms with Crippen LogP contribution in [0.15, 0.2) is 23.8 Å². The summed E-state index contributed by atoms with van der Waals surface area (Å²) in [5.74, 6) is 9.76. The molecule has 0 aliphatic heterocycles. The van der Waals surface area contributed by atoms with Crippen LogP contribution in [-0.2, 0) is 0 Å². The third-order valence-corrected chi connectivity index (χ3v) is 9.38. The van der Waals surface area contributed by atoms with Gasteiger partial charge in [0.25, 0.3) is 0 Å². The lowest BCUT2D eigenvalue weighted by molar-refractivity contribution is -0.135. The summed E-state index contributed by atoms with van der Waals surface area (Å²) >= 11 is 0. The van der Waals surface area contributed by atoms with E-state index in [-0.39, 0.29) is 0 Å². The molecule has 0 N–H and O–H groups in total. The van der Waals surface area contributed by atoms with Gasteiger partial charge in [0.1, 0.15) is 0 Å². The Balaban J connectivity index is 1.48. The summed E-state index contributed by atoms with van der Waals surface area (Å²) in [5, 5.41) is 0. The SMILES string of the molecule is C1=CCC2C(=C1)C1CCCC3CC4CCCC5CCC2C(C54)C31. The van der Waals surface area contributed by atoms with Crippen molar-refractivity contribution in [3.05, 3.63) is 23.8 Å². The summed E-state index contributed by atoms with van der Waals surface area (Å²) in [6.07, 6.45) is 23.0. The van der Waals surface area contributed by atoms with E-state index in [1.54, 1.807) is 44.9 Å². The van der Waals surface area contributed by atoms with E-state index < -0.39 is 0 Å². The van der Waals surface area contributed by atoms with Crippen LogP contribution in [0.1, 0.15) is 64.2 Å². The molecule has 0 bridgehead atoms. The van der Waals surface area contributed by atoms with Crippen LogP contribution in [0.25, 0.3) is 0 Å². The van der Waals surface area contributed by atoms with Gasteiger partial charge < -0.3 is 0 Å². The third-order valence-electron chi connectivity index (χ3n) is 9.38. The van der Waals surface area contributed by atoms with Crippen LogP contribution in [-0.4, -0.2) is 0 Å². The van der Waals surface area contributed by atoms with Gasteiger partial charge in [0.15, 0.2) is 0 Å². The van der Waals surface area contributed by atoms with Crippen molar-refractivity contribution in [2.75, 3.05) is 0 Å². The Kier molecular flexibility index (Phi) is 2.98. The minimum absolute atomic E-state index is 0.951. The van der Waals surface area contributed by atoms with E-state index in [2.05, 4.69) is 18.2 Å². The van der Waals surface area contributed by atoms with Crippen molar-refractivity contribution in [3.63, 3.8) is 0 Å². The van der Waals surface area contributed by atoms with Crippen LogP contribution in [0, 0.1) is 53.3 Å². The molecule has 6 aliphatic carbocycles. The Hall–Kier alpha value is -0.520. The molecule has 0 spiro atoms. The van der Waals surface area contributed by atoms with Gasteiger partial charge in [-0.2, -0.15) is 0 Å². The zero-order chi connectivity index (χ0) is 15.0. The summed E-state index contributed by atoms with van der Waals surface area (Å²) in [6, 6.07) is 0. The van der Waals surface area contributed by atoms with E-state index in [1.807, 2.05) is 5.57 Å². The highest BCUT2D eigenvalue weighted by Gasteiger charge is 2.60. The molecule has 124 valence electrons. The molecule has 0 nitrogen and oxygen atoms in total. The number of rotatable bonds is 0. The van der Waals surface area contributed by atoms with Crippen LogP contribution in [0.4, 0.5) is 0 Å². The average Bonchev–Trinajstić information content (AvgIpc) is 2.62. The predicted octanol–water partition coefficient (Wildman–Crippen LogP) is 6.00. The molecule has 9 unspecified atom stereocenters. The Labute approximate surface area is 141 Å². The summed E-state index contributed by atoms with van der Waals surface area (Å²) < 4.78 is 0. The highest BCUT2D eigenvalue weighted by atomic mass is 14.6. The topological polar surface area (TPSA) is 0 Å². The highest BCUT2D eigenvalue weighted by molar-refractivity contribution is 5.30. The smallest absolute Gasteiger partial charge is 0.0131 e. The molecule has 5 fully saturated rings. The van der Waals surface area contributed by atoms with Crippen molar-refractivity contribution < 1.29 is 0 Å². The van der Waals surface area contributed by atoms with E-state index in [1.165, 1.54) is 19.3 Å². The van der Waals surface area contributed by atoms with Crippen molar-refractivity contribution in [1.82, 2.24) is 0 Å². The standard InChI is InChI=1S/C23H32/c1-2-9-18-17(8-1)19-10-4-7-16-13-15-6-3-5-14-11-12-20(18)23(21(14)15)22(16)19/h1-2,8,14-16,18-23H,3-7,9-13H2. The van der Waals surface area contributed by atoms with Crippen LogP contribution < -0.4 is 0 Å². The van der Waals surface area contributed by atoms with Crippen LogP contribution in [0.2, 0.25) is 0 Å². The summed E-state index contributed by atoms with van der Waals surface area (Å²) in [6.45, 7) is 0. The maximum absolute atomic E-state index is 2.58. The Morgan fingerprint density at radius 3 is 2.48 bits per heavy atom. The quantitative estimate of drug-likeness (QED) is 0.515. The van der Waals surface area contributed by atoms with Crippen molar-refractivity contribution in [2.45, 2.75) is 64.2 Å². The maximum atomic E-state index is 2.58. The maximum Gasteiger partial charge on any atom is -0.0131 e. The van der Waals surface area contributed by atoms with E-state index in [0.717, 1.165) is 53.3 Å². The molecule has 0 amide bonds. The summed E-state index contributed by atoms with van der Waals surface area (Å²) in [4.78, 5) is 0. The van der Waals surface area contributed by atoms with Gasteiger partial charge >= 0.3 is 0 Å². The van der Waals surface area contributed by atoms with Crippen LogP contribution in [0.5, 0.6) is 0 Å². The van der Waals surface area contributed by atoms with E-state index in [9.17, 15) is 0 Å². The number of fused-ring (bicyclic) bond motifs is 3. The zero-order valence-electron chi connectivity index (χ0n) is 14.5. The molecule has 5 saturated carbocycles. The summed E-state index contributed by atoms with van der Waals surface area (Å²) in [7, 11) is 0. The van der Waals surface area contributed by atoms with Crippen LogP contribution >= 0.6 is 0 Å². The Morgan fingerprint density at radius 1 is 0.696 bits per heavy atom. The lowest BCUT2D eigenvalue weighted by Gasteiger charge is -2.65. The molecule has 0 heteroatoms. The van der Waals surface area contributed by atoms with Gasteiger partial charge in [0.05, 0.1) is 0 Å². The molecular formula is C23H32. The van der Waals surface area contributed by atoms with E-state index >= 15 is 0 Å². The van der Waals surface area contributed by atoms with Gasteiger partial charge in [-0.15, -0.1) is 0 Å². The molecule has 0 heterocycles. The molecule has 6 rings (SSSR count). The van der Waals surface area contributed by atoms with E-state index in [4.69, 9.17) is 0 Å². The Morgan fingerprint density at radius 2 is 1.52 bits per heavy atom. The fraction of sp³-hybridized carbons (Fsp3) is 0.826. The largest absolute Gasteiger partial charge is 0.0839 e. The van der Waals surface area contributed by atoms with Gasteiger partial charge in [-0.05, 0) is 85.4 Å². The normalized spacial score (nSPS) is 56.3. The second-order valence-corrected chi connectivity index (χ2v) is 9.89. The van der Waals surface area contributed by atoms with Crippen molar-refractivity contribution >= 4 is 0 Å². The third kappa shape index (κ3) is 1.79. The second kappa shape index (κ2) is 4.99. The first-order valence-electron chi connectivity index (χ1n) is 10.8. The van der Waals surface area contributed by atoms with Crippen molar-refractivity contribution in [3.8, 4) is 0 Å². The summed E-state index contributed by atoms with van der Waals surface area (Å²) in [5.41, 5.74) is 1.93. The predicted molar refractivity (Wildman–Crippen MR) is 94.8 cm³/mol. The van der Waals surface area contributed by atoms with Gasteiger partial charge in [-0.3, -0.25) is 0 Å². The first kappa shape index (κ1) is 13.7. The molecule has 23 heavy (non-hydrogen) atoms. The van der Waals surface area contributed by atoms with Crippen molar-refractivity contribution in [2.24, 2.45) is 53.3 Å². The van der Waals surface area contributed by atoms with Gasteiger partial charge in [-0.25, -0.2) is 0 Å². The first-order valence-corrected chi connectivity index (χ1v) is 10.8. The first-order chi connectivity index (χ1) is 11.4. The number of hydrogen-bond acceptors (Lipinski definition) is 0. The molecular weight excluding hydrogens is 276 g/mol. The second-order valence-electron chi connectivity index (χ2n) is 9.89. The zero-order valence-corrected chi connectivity index (χ0v) is 14.5. The fourth-order valence-electron chi connectivity index (χ4n) is 8.98. The number of allylic oxidation sites excluding steroid dienone is 4. The highest BCUT2D eigenvalue weighted by Crippen LogP contribution is 2.67. The lowest BCUT2D eigenvalue weighted by atomic mass is 9.40. The molecule has 6 aliphatic rings. The molecule has 0 aromatic heterocycles. The van der Waals surface area contributed by atoms with Gasteiger partial charge in [-0.1, -0.05) is 55.9 Å². The molecule has 9 atom stereocenters. The van der Waals surface area contributed by atoms with Gasteiger partial charge in [0, 0.05) is 0 Å². The monoisotopic (exact) mass is 308 g/mol. The lowest BCUT2D eigenvalue weighted by Crippen LogP contribution is -2.58. The van der Waals surface area contributed by atoms with Crippen molar-refractivity contribution in [1.29, 1.82) is 0 Å². The Bertz CT molecular complexity index is 554. The van der Waals surface area contributed by atoms with Crippen LogP contribution in [0.3, 0.4) is 0 Å². The minimum atomic E-state index is 0.951.